The number of carbonyl (C=O) groups is 1. The van der Waals surface area contributed by atoms with E-state index >= 15 is 0 Å². The number of benzene rings is 1. The maximum Gasteiger partial charge on any atom is 0.251 e. The van der Waals surface area contributed by atoms with Crippen LogP contribution in [0, 0.1) is 12.8 Å². The number of aryl methyl sites for hydroxylation is 1. The zero-order chi connectivity index (χ0) is 13.1. The lowest BCUT2D eigenvalue weighted by Gasteiger charge is -2.17. The average Bonchev–Trinajstić information content (AvgIpc) is 3.15. The highest BCUT2D eigenvalue weighted by atomic mass is 16.1. The van der Waals surface area contributed by atoms with E-state index in [0.717, 1.165) is 30.0 Å². The molecular weight excluding hydrogens is 224 g/mol. The Balaban J connectivity index is 1.98. The molecule has 98 valence electrons. The Morgan fingerprint density at radius 2 is 2.22 bits per heavy atom. The minimum atomic E-state index is 0.0191. The molecule has 1 aromatic rings. The maximum absolute atomic E-state index is 12.1. The van der Waals surface area contributed by atoms with E-state index in [9.17, 15) is 4.79 Å². The summed E-state index contributed by atoms with van der Waals surface area (Å²) in [7, 11) is 0. The molecule has 1 amide bonds. The maximum atomic E-state index is 12.1. The van der Waals surface area contributed by atoms with Crippen LogP contribution in [0.3, 0.4) is 0 Å². The number of anilines is 1. The molecule has 0 bridgehead atoms. The molecule has 0 radical (unpaired) electrons. The first-order valence-corrected chi connectivity index (χ1v) is 6.77. The van der Waals surface area contributed by atoms with Crippen LogP contribution in [0.15, 0.2) is 18.2 Å². The predicted octanol–water partition coefficient (Wildman–Crippen LogP) is 2.89. The number of hydrogen-bond donors (Lipinski definition) is 2. The lowest BCUT2D eigenvalue weighted by atomic mass is 10.1. The molecule has 0 aromatic heterocycles. The second kappa shape index (κ2) is 5.42. The van der Waals surface area contributed by atoms with Crippen molar-refractivity contribution in [1.82, 2.24) is 5.32 Å². The van der Waals surface area contributed by atoms with Crippen LogP contribution in [-0.4, -0.2) is 11.9 Å². The fraction of sp³-hybridized carbons (Fsp3) is 0.533. The highest BCUT2D eigenvalue weighted by Crippen LogP contribution is 2.34. The molecule has 1 fully saturated rings. The number of amides is 1. The first-order chi connectivity index (χ1) is 8.60. The molecule has 1 atom stereocenters. The van der Waals surface area contributed by atoms with Crippen molar-refractivity contribution in [1.29, 1.82) is 0 Å². The standard InChI is InChI=1S/C15H22N2O/c1-3-13(9-11-4-5-11)17-15(18)12-6-7-14(16)10(2)8-12/h6-8,11,13H,3-5,9,16H2,1-2H3,(H,17,18). The SMILES string of the molecule is CCC(CC1CC1)NC(=O)c1ccc(N)c(C)c1. The average molecular weight is 246 g/mol. The molecule has 0 heterocycles. The molecule has 18 heavy (non-hydrogen) atoms. The van der Waals surface area contributed by atoms with Crippen LogP contribution in [0.1, 0.15) is 48.5 Å². The Labute approximate surface area is 109 Å². The van der Waals surface area contributed by atoms with Crippen molar-refractivity contribution in [2.45, 2.75) is 45.6 Å². The molecule has 0 saturated heterocycles. The molecule has 3 heteroatoms. The van der Waals surface area contributed by atoms with E-state index in [1.807, 2.05) is 13.0 Å². The van der Waals surface area contributed by atoms with E-state index in [-0.39, 0.29) is 5.91 Å². The topological polar surface area (TPSA) is 55.1 Å². The van der Waals surface area contributed by atoms with Crippen molar-refractivity contribution < 1.29 is 4.79 Å². The van der Waals surface area contributed by atoms with Crippen molar-refractivity contribution in [2.24, 2.45) is 5.92 Å². The van der Waals surface area contributed by atoms with E-state index < -0.39 is 0 Å². The largest absolute Gasteiger partial charge is 0.399 e. The highest BCUT2D eigenvalue weighted by Gasteiger charge is 2.25. The molecule has 1 saturated carbocycles. The second-order valence-electron chi connectivity index (χ2n) is 5.33. The molecule has 3 N–H and O–H groups in total. The van der Waals surface area contributed by atoms with Gasteiger partial charge in [0.05, 0.1) is 0 Å². The Bertz CT molecular complexity index is 438. The van der Waals surface area contributed by atoms with E-state index in [4.69, 9.17) is 5.73 Å². The smallest absolute Gasteiger partial charge is 0.251 e. The van der Waals surface area contributed by atoms with Crippen molar-refractivity contribution in [3.63, 3.8) is 0 Å². The van der Waals surface area contributed by atoms with Crippen molar-refractivity contribution >= 4 is 11.6 Å². The zero-order valence-electron chi connectivity index (χ0n) is 11.2. The van der Waals surface area contributed by atoms with Gasteiger partial charge in [0.2, 0.25) is 0 Å². The van der Waals surface area contributed by atoms with Crippen LogP contribution < -0.4 is 11.1 Å². The number of nitrogen functional groups attached to an aromatic ring is 1. The normalized spacial score (nSPS) is 16.3. The summed E-state index contributed by atoms with van der Waals surface area (Å²) in [6.07, 6.45) is 4.77. The van der Waals surface area contributed by atoms with Gasteiger partial charge in [0.25, 0.3) is 5.91 Å². The first-order valence-electron chi connectivity index (χ1n) is 6.77. The summed E-state index contributed by atoms with van der Waals surface area (Å²) in [6.45, 7) is 4.05. The van der Waals surface area contributed by atoms with Gasteiger partial charge in [-0.3, -0.25) is 4.79 Å². The van der Waals surface area contributed by atoms with Crippen LogP contribution in [0.25, 0.3) is 0 Å². The van der Waals surface area contributed by atoms with Gasteiger partial charge in [0.15, 0.2) is 0 Å². The van der Waals surface area contributed by atoms with Gasteiger partial charge >= 0.3 is 0 Å². The van der Waals surface area contributed by atoms with Gasteiger partial charge in [-0.25, -0.2) is 0 Å². The third-order valence-electron chi connectivity index (χ3n) is 3.67. The quantitative estimate of drug-likeness (QED) is 0.785. The van der Waals surface area contributed by atoms with E-state index in [0.29, 0.717) is 11.6 Å². The summed E-state index contributed by atoms with van der Waals surface area (Å²) in [6, 6.07) is 5.75. The Hall–Kier alpha value is -1.51. The molecule has 2 rings (SSSR count). The lowest BCUT2D eigenvalue weighted by molar-refractivity contribution is 0.0932. The fourth-order valence-corrected chi connectivity index (χ4v) is 2.17. The number of rotatable bonds is 5. The van der Waals surface area contributed by atoms with E-state index in [2.05, 4.69) is 12.2 Å². The van der Waals surface area contributed by atoms with E-state index in [1.165, 1.54) is 12.8 Å². The number of nitrogens with two attached hydrogens (primary N) is 1. The van der Waals surface area contributed by atoms with Gasteiger partial charge in [-0.15, -0.1) is 0 Å². The fourth-order valence-electron chi connectivity index (χ4n) is 2.17. The summed E-state index contributed by atoms with van der Waals surface area (Å²) in [5.74, 6) is 0.856. The van der Waals surface area contributed by atoms with Crippen LogP contribution in [0.2, 0.25) is 0 Å². The molecule has 0 spiro atoms. The van der Waals surface area contributed by atoms with Crippen molar-refractivity contribution in [3.05, 3.63) is 29.3 Å². The van der Waals surface area contributed by atoms with Crippen molar-refractivity contribution in [2.75, 3.05) is 5.73 Å². The van der Waals surface area contributed by atoms with E-state index in [1.54, 1.807) is 12.1 Å². The number of carbonyl (C=O) groups excluding carboxylic acids is 1. The third-order valence-corrected chi connectivity index (χ3v) is 3.67. The minimum Gasteiger partial charge on any atom is -0.399 e. The molecule has 1 aliphatic rings. The summed E-state index contributed by atoms with van der Waals surface area (Å²) in [4.78, 5) is 12.1. The zero-order valence-corrected chi connectivity index (χ0v) is 11.2. The Kier molecular flexibility index (Phi) is 3.90. The van der Waals surface area contributed by atoms with Crippen LogP contribution in [0.4, 0.5) is 5.69 Å². The third kappa shape index (κ3) is 3.25. The van der Waals surface area contributed by atoms with Gasteiger partial charge < -0.3 is 11.1 Å². The Morgan fingerprint density at radius 1 is 1.50 bits per heavy atom. The Morgan fingerprint density at radius 3 is 2.78 bits per heavy atom. The molecule has 0 aliphatic heterocycles. The lowest BCUT2D eigenvalue weighted by Crippen LogP contribution is -2.34. The molecule has 1 aliphatic carbocycles. The van der Waals surface area contributed by atoms with Crippen LogP contribution in [-0.2, 0) is 0 Å². The predicted molar refractivity (Wildman–Crippen MR) is 74.5 cm³/mol. The summed E-state index contributed by atoms with van der Waals surface area (Å²) in [5, 5.41) is 3.12. The number of hydrogen-bond acceptors (Lipinski definition) is 2. The monoisotopic (exact) mass is 246 g/mol. The van der Waals surface area contributed by atoms with Crippen molar-refractivity contribution in [3.8, 4) is 0 Å². The molecular formula is C15H22N2O. The van der Waals surface area contributed by atoms with Gasteiger partial charge in [-0.2, -0.15) is 0 Å². The van der Waals surface area contributed by atoms with Crippen LogP contribution >= 0.6 is 0 Å². The molecule has 1 aromatic carbocycles. The van der Waals surface area contributed by atoms with Gasteiger partial charge in [-0.1, -0.05) is 19.8 Å². The molecule has 3 nitrogen and oxygen atoms in total. The van der Waals surface area contributed by atoms with Gasteiger partial charge in [0.1, 0.15) is 0 Å². The van der Waals surface area contributed by atoms with Crippen LogP contribution in [0.5, 0.6) is 0 Å². The summed E-state index contributed by atoms with van der Waals surface area (Å²) >= 11 is 0. The first kappa shape index (κ1) is 12.9. The van der Waals surface area contributed by atoms with Gasteiger partial charge in [0, 0.05) is 17.3 Å². The summed E-state index contributed by atoms with van der Waals surface area (Å²) < 4.78 is 0. The number of nitrogens with one attached hydrogen (secondary N) is 1. The van der Waals surface area contributed by atoms with Gasteiger partial charge in [-0.05, 0) is 49.4 Å². The second-order valence-corrected chi connectivity index (χ2v) is 5.33. The highest BCUT2D eigenvalue weighted by molar-refractivity contribution is 5.95. The molecule has 1 unspecified atom stereocenters. The summed E-state index contributed by atoms with van der Waals surface area (Å²) in [5.41, 5.74) is 8.15. The minimum absolute atomic E-state index is 0.0191.